The first kappa shape index (κ1) is 13.3. The van der Waals surface area contributed by atoms with E-state index in [2.05, 4.69) is 17.6 Å². The average molecular weight is 273 g/mol. The number of nitrogens with zero attached hydrogens (tertiary/aromatic N) is 1. The van der Waals surface area contributed by atoms with E-state index in [4.69, 9.17) is 0 Å². The van der Waals surface area contributed by atoms with Gasteiger partial charge in [-0.25, -0.2) is 0 Å². The van der Waals surface area contributed by atoms with E-state index in [1.54, 1.807) is 0 Å². The molecular weight excluding hydrogens is 250 g/mol. The van der Waals surface area contributed by atoms with E-state index in [9.17, 15) is 4.79 Å². The molecule has 1 aromatic carbocycles. The van der Waals surface area contributed by atoms with Gasteiger partial charge >= 0.3 is 0 Å². The van der Waals surface area contributed by atoms with Gasteiger partial charge in [0.1, 0.15) is 0 Å². The number of benzene rings is 1. The van der Waals surface area contributed by atoms with Crippen LogP contribution in [0.25, 0.3) is 0 Å². The first-order valence-electron chi connectivity index (χ1n) is 7.69. The maximum atomic E-state index is 12.6. The highest BCUT2D eigenvalue weighted by Gasteiger charge is 2.24. The summed E-state index contributed by atoms with van der Waals surface area (Å²) in [4.78, 5) is 14.6. The number of anilines is 2. The van der Waals surface area contributed by atoms with Gasteiger partial charge in [0, 0.05) is 31.7 Å². The molecule has 2 aliphatic rings. The third-order valence-electron chi connectivity index (χ3n) is 4.41. The lowest BCUT2D eigenvalue weighted by atomic mass is 9.95. The number of likely N-dealkylation sites (tertiary alicyclic amines) is 1. The van der Waals surface area contributed by atoms with E-state index in [1.807, 2.05) is 23.1 Å². The molecule has 1 fully saturated rings. The molecule has 4 heteroatoms. The zero-order valence-corrected chi connectivity index (χ0v) is 12.1. The Morgan fingerprint density at radius 1 is 1.30 bits per heavy atom. The Balaban J connectivity index is 1.76. The van der Waals surface area contributed by atoms with Crippen LogP contribution < -0.4 is 10.6 Å². The fourth-order valence-corrected chi connectivity index (χ4v) is 3.14. The van der Waals surface area contributed by atoms with Crippen LogP contribution in [0.1, 0.15) is 36.5 Å². The van der Waals surface area contributed by atoms with Crippen LogP contribution in [0.15, 0.2) is 18.2 Å². The van der Waals surface area contributed by atoms with E-state index >= 15 is 0 Å². The Morgan fingerprint density at radius 3 is 2.90 bits per heavy atom. The largest absolute Gasteiger partial charge is 0.382 e. The zero-order valence-electron chi connectivity index (χ0n) is 12.1. The Morgan fingerprint density at radius 2 is 2.10 bits per heavy atom. The lowest BCUT2D eigenvalue weighted by molar-refractivity contribution is 0.0671. The molecule has 0 aliphatic carbocycles. The van der Waals surface area contributed by atoms with Gasteiger partial charge in [-0.3, -0.25) is 4.79 Å². The van der Waals surface area contributed by atoms with E-state index < -0.39 is 0 Å². The van der Waals surface area contributed by atoms with Gasteiger partial charge in [-0.15, -0.1) is 0 Å². The first-order valence-corrected chi connectivity index (χ1v) is 7.69. The number of fused-ring (bicyclic) bond motifs is 1. The molecule has 2 heterocycles. The van der Waals surface area contributed by atoms with Gasteiger partial charge in [0.25, 0.3) is 5.91 Å². The molecule has 1 atom stereocenters. The van der Waals surface area contributed by atoms with Crippen LogP contribution >= 0.6 is 0 Å². The highest BCUT2D eigenvalue weighted by Crippen LogP contribution is 2.27. The van der Waals surface area contributed by atoms with Crippen molar-refractivity contribution in [3.8, 4) is 0 Å². The van der Waals surface area contributed by atoms with Crippen molar-refractivity contribution >= 4 is 17.3 Å². The van der Waals surface area contributed by atoms with Gasteiger partial charge in [-0.2, -0.15) is 0 Å². The van der Waals surface area contributed by atoms with Gasteiger partial charge in [0.2, 0.25) is 0 Å². The molecule has 0 bridgehead atoms. The Bertz CT molecular complexity index is 500. The molecule has 0 aromatic heterocycles. The normalized spacial score (nSPS) is 21.6. The number of rotatable bonds is 2. The second-order valence-corrected chi connectivity index (χ2v) is 5.78. The molecule has 1 unspecified atom stereocenters. The minimum absolute atomic E-state index is 0.179. The Labute approximate surface area is 120 Å². The van der Waals surface area contributed by atoms with Crippen molar-refractivity contribution < 1.29 is 4.79 Å². The van der Waals surface area contributed by atoms with Crippen molar-refractivity contribution in [2.24, 2.45) is 5.92 Å². The molecule has 1 aromatic rings. The highest BCUT2D eigenvalue weighted by atomic mass is 16.2. The minimum atomic E-state index is 0.179. The number of nitrogens with one attached hydrogen (secondary N) is 2. The van der Waals surface area contributed by atoms with Crippen LogP contribution in [0.2, 0.25) is 0 Å². The van der Waals surface area contributed by atoms with Gasteiger partial charge in [-0.1, -0.05) is 13.3 Å². The molecule has 2 aliphatic heterocycles. The van der Waals surface area contributed by atoms with Crippen LogP contribution in [0.5, 0.6) is 0 Å². The van der Waals surface area contributed by atoms with Crippen LogP contribution in [0, 0.1) is 5.92 Å². The predicted octanol–water partition coefficient (Wildman–Crippen LogP) is 2.79. The molecule has 108 valence electrons. The van der Waals surface area contributed by atoms with E-state index in [0.717, 1.165) is 49.5 Å². The first-order chi connectivity index (χ1) is 9.78. The van der Waals surface area contributed by atoms with Crippen molar-refractivity contribution in [2.75, 3.05) is 36.8 Å². The third-order valence-corrected chi connectivity index (χ3v) is 4.41. The second kappa shape index (κ2) is 5.73. The minimum Gasteiger partial charge on any atom is -0.382 e. The number of carbonyl (C=O) groups excluding carboxylic acids is 1. The molecule has 0 saturated carbocycles. The number of amides is 1. The van der Waals surface area contributed by atoms with Crippen molar-refractivity contribution in [2.45, 2.75) is 26.2 Å². The number of hydrogen-bond donors (Lipinski definition) is 2. The Kier molecular flexibility index (Phi) is 3.81. The molecule has 0 radical (unpaired) electrons. The summed E-state index contributed by atoms with van der Waals surface area (Å²) in [6.45, 7) is 5.88. The summed E-state index contributed by atoms with van der Waals surface area (Å²) in [5.41, 5.74) is 2.95. The summed E-state index contributed by atoms with van der Waals surface area (Å²) >= 11 is 0. The van der Waals surface area contributed by atoms with Gasteiger partial charge in [-0.05, 0) is 37.0 Å². The highest BCUT2D eigenvalue weighted by molar-refractivity contribution is 5.96. The quantitative estimate of drug-likeness (QED) is 0.871. The summed E-state index contributed by atoms with van der Waals surface area (Å²) in [5, 5.41) is 6.68. The molecule has 1 amide bonds. The molecule has 0 spiro atoms. The molecule has 2 N–H and O–H groups in total. The van der Waals surface area contributed by atoms with Crippen molar-refractivity contribution in [1.29, 1.82) is 0 Å². The summed E-state index contributed by atoms with van der Waals surface area (Å²) in [6, 6.07) is 5.94. The van der Waals surface area contributed by atoms with Crippen LogP contribution in [-0.2, 0) is 0 Å². The number of hydrogen-bond acceptors (Lipinski definition) is 3. The fourth-order valence-electron chi connectivity index (χ4n) is 3.14. The molecule has 3 rings (SSSR count). The average Bonchev–Trinajstić information content (AvgIpc) is 2.53. The fraction of sp³-hybridized carbons (Fsp3) is 0.562. The SMILES string of the molecule is CCC1CCCN(C(=O)c2ccc3c(c2)NCCN3)C1. The maximum Gasteiger partial charge on any atom is 0.253 e. The van der Waals surface area contributed by atoms with Crippen molar-refractivity contribution in [3.63, 3.8) is 0 Å². The monoisotopic (exact) mass is 273 g/mol. The molecule has 20 heavy (non-hydrogen) atoms. The Hall–Kier alpha value is -1.71. The summed E-state index contributed by atoms with van der Waals surface area (Å²) in [7, 11) is 0. The van der Waals surface area contributed by atoms with Crippen LogP contribution in [0.4, 0.5) is 11.4 Å². The number of piperidine rings is 1. The zero-order chi connectivity index (χ0) is 13.9. The van der Waals surface area contributed by atoms with Gasteiger partial charge in [0.05, 0.1) is 11.4 Å². The summed E-state index contributed by atoms with van der Waals surface area (Å²) in [6.07, 6.45) is 3.56. The predicted molar refractivity (Wildman–Crippen MR) is 82.3 cm³/mol. The lowest BCUT2D eigenvalue weighted by Gasteiger charge is -2.32. The molecule has 4 nitrogen and oxygen atoms in total. The van der Waals surface area contributed by atoms with Crippen molar-refractivity contribution in [3.05, 3.63) is 23.8 Å². The third kappa shape index (κ3) is 2.60. The summed E-state index contributed by atoms with van der Waals surface area (Å²) in [5.74, 6) is 0.850. The van der Waals surface area contributed by atoms with E-state index in [0.29, 0.717) is 5.92 Å². The number of carbonyl (C=O) groups is 1. The van der Waals surface area contributed by atoms with Gasteiger partial charge < -0.3 is 15.5 Å². The topological polar surface area (TPSA) is 44.4 Å². The lowest BCUT2D eigenvalue weighted by Crippen LogP contribution is -2.39. The summed E-state index contributed by atoms with van der Waals surface area (Å²) < 4.78 is 0. The van der Waals surface area contributed by atoms with E-state index in [-0.39, 0.29) is 5.91 Å². The smallest absolute Gasteiger partial charge is 0.253 e. The standard InChI is InChI=1S/C16H23N3O/c1-2-12-4-3-9-19(11-12)16(20)13-5-6-14-15(10-13)18-8-7-17-14/h5-6,10,12,17-18H,2-4,7-9,11H2,1H3. The van der Waals surface area contributed by atoms with Crippen LogP contribution in [-0.4, -0.2) is 37.0 Å². The van der Waals surface area contributed by atoms with E-state index in [1.165, 1.54) is 12.8 Å². The van der Waals surface area contributed by atoms with Crippen molar-refractivity contribution in [1.82, 2.24) is 4.90 Å². The molecule has 1 saturated heterocycles. The van der Waals surface area contributed by atoms with Crippen LogP contribution in [0.3, 0.4) is 0 Å². The molecular formula is C16H23N3O. The second-order valence-electron chi connectivity index (χ2n) is 5.78. The van der Waals surface area contributed by atoms with Gasteiger partial charge in [0.15, 0.2) is 0 Å². The maximum absolute atomic E-state index is 12.6.